The molecule has 0 saturated carbocycles. The van der Waals surface area contributed by atoms with E-state index in [1.165, 1.54) is 11.3 Å². The zero-order valence-electron chi connectivity index (χ0n) is 16.0. The molecule has 29 heavy (non-hydrogen) atoms. The van der Waals surface area contributed by atoms with E-state index in [0.717, 1.165) is 21.3 Å². The van der Waals surface area contributed by atoms with Crippen LogP contribution in [0.3, 0.4) is 0 Å². The van der Waals surface area contributed by atoms with Gasteiger partial charge in [0.25, 0.3) is 0 Å². The van der Waals surface area contributed by atoms with Gasteiger partial charge in [0.1, 0.15) is 16.3 Å². The highest BCUT2D eigenvalue weighted by Crippen LogP contribution is 2.30. The van der Waals surface area contributed by atoms with Crippen LogP contribution in [0, 0.1) is 12.3 Å². The van der Waals surface area contributed by atoms with E-state index in [1.807, 2.05) is 67.8 Å². The topological polar surface area (TPSA) is 67.8 Å². The molecule has 0 bridgehead atoms. The number of fused-ring (bicyclic) bond motifs is 1. The van der Waals surface area contributed by atoms with Crippen molar-refractivity contribution in [2.24, 2.45) is 0 Å². The van der Waals surface area contributed by atoms with Crippen molar-refractivity contribution in [2.75, 3.05) is 5.32 Å². The third kappa shape index (κ3) is 3.60. The van der Waals surface area contributed by atoms with Crippen molar-refractivity contribution in [2.45, 2.75) is 19.3 Å². The largest absolute Gasteiger partial charge is 0.309 e. The Morgan fingerprint density at radius 1 is 1.10 bits per heavy atom. The summed E-state index contributed by atoms with van der Waals surface area (Å²) in [5.74, 6) is 3.39. The van der Waals surface area contributed by atoms with Crippen LogP contribution in [0.4, 0.5) is 5.82 Å². The van der Waals surface area contributed by atoms with E-state index < -0.39 is 5.41 Å². The molecule has 0 fully saturated rings. The number of amides is 1. The van der Waals surface area contributed by atoms with Crippen LogP contribution in [0.15, 0.2) is 60.1 Å². The number of pyridine rings is 1. The lowest BCUT2D eigenvalue weighted by Gasteiger charge is -2.24. The van der Waals surface area contributed by atoms with E-state index in [9.17, 15) is 4.79 Å². The number of anilines is 1. The second kappa shape index (κ2) is 7.46. The summed E-state index contributed by atoms with van der Waals surface area (Å²) in [6.07, 6.45) is 7.12. The molecule has 0 saturated heterocycles. The standard InChI is InChI=1S/C23H18N4OS/c1-4-15-8-10-16(11-9-15)23(2,3)22(28)27-19-17-12-14-29-21(17)26-20(25-19)18-7-5-6-13-24-18/h1,5-14H,2-3H3,(H,25,26,27,28). The first-order valence-electron chi connectivity index (χ1n) is 9.04. The minimum Gasteiger partial charge on any atom is -0.309 e. The molecule has 4 rings (SSSR count). The number of terminal acetylenes is 1. The highest BCUT2D eigenvalue weighted by Gasteiger charge is 2.30. The zero-order valence-corrected chi connectivity index (χ0v) is 16.8. The Morgan fingerprint density at radius 3 is 2.59 bits per heavy atom. The SMILES string of the molecule is C#Cc1ccc(C(C)(C)C(=O)Nc2nc(-c3ccccn3)nc3sccc23)cc1. The maximum atomic E-state index is 13.2. The predicted octanol–water partition coefficient (Wildman–Crippen LogP) is 4.65. The average Bonchev–Trinajstić information content (AvgIpc) is 3.23. The maximum absolute atomic E-state index is 13.2. The fraction of sp³-hybridized carbons (Fsp3) is 0.130. The number of hydrogen-bond acceptors (Lipinski definition) is 5. The molecule has 1 aromatic carbocycles. The summed E-state index contributed by atoms with van der Waals surface area (Å²) in [6.45, 7) is 3.75. The fourth-order valence-corrected chi connectivity index (χ4v) is 3.70. The van der Waals surface area contributed by atoms with E-state index in [1.54, 1.807) is 6.20 Å². The molecule has 4 aromatic rings. The van der Waals surface area contributed by atoms with Crippen molar-refractivity contribution in [3.63, 3.8) is 0 Å². The van der Waals surface area contributed by atoms with Gasteiger partial charge in [0, 0.05) is 11.8 Å². The molecule has 0 atom stereocenters. The van der Waals surface area contributed by atoms with Crippen molar-refractivity contribution in [1.82, 2.24) is 15.0 Å². The van der Waals surface area contributed by atoms with Gasteiger partial charge in [0.15, 0.2) is 5.82 Å². The summed E-state index contributed by atoms with van der Waals surface area (Å²) in [5.41, 5.74) is 1.53. The Hall–Kier alpha value is -3.56. The van der Waals surface area contributed by atoms with E-state index in [-0.39, 0.29) is 5.91 Å². The first-order chi connectivity index (χ1) is 14.0. The lowest BCUT2D eigenvalue weighted by Crippen LogP contribution is -2.35. The summed E-state index contributed by atoms with van der Waals surface area (Å²) in [6, 6.07) is 14.9. The first kappa shape index (κ1) is 18.8. The number of aromatic nitrogens is 3. The summed E-state index contributed by atoms with van der Waals surface area (Å²) >= 11 is 1.50. The number of carbonyl (C=O) groups excluding carboxylic acids is 1. The number of benzene rings is 1. The lowest BCUT2D eigenvalue weighted by molar-refractivity contribution is -0.120. The zero-order chi connectivity index (χ0) is 20.4. The third-order valence-corrected chi connectivity index (χ3v) is 5.60. The van der Waals surface area contributed by atoms with Gasteiger partial charge < -0.3 is 5.32 Å². The molecule has 1 amide bonds. The summed E-state index contributed by atoms with van der Waals surface area (Å²) in [7, 11) is 0. The van der Waals surface area contributed by atoms with Gasteiger partial charge in [0.2, 0.25) is 5.91 Å². The Kier molecular flexibility index (Phi) is 4.83. The van der Waals surface area contributed by atoms with Crippen LogP contribution in [0.25, 0.3) is 21.7 Å². The predicted molar refractivity (Wildman–Crippen MR) is 117 cm³/mol. The quantitative estimate of drug-likeness (QED) is 0.508. The highest BCUT2D eigenvalue weighted by atomic mass is 32.1. The Balaban J connectivity index is 1.70. The van der Waals surface area contributed by atoms with E-state index in [4.69, 9.17) is 6.42 Å². The molecule has 0 aliphatic heterocycles. The van der Waals surface area contributed by atoms with Crippen LogP contribution in [0.2, 0.25) is 0 Å². The molecule has 0 unspecified atom stereocenters. The number of thiophene rings is 1. The highest BCUT2D eigenvalue weighted by molar-refractivity contribution is 7.16. The Labute approximate surface area is 172 Å². The van der Waals surface area contributed by atoms with Gasteiger partial charge in [-0.25, -0.2) is 9.97 Å². The molecule has 0 aliphatic carbocycles. The average molecular weight is 398 g/mol. The van der Waals surface area contributed by atoms with Crippen LogP contribution < -0.4 is 5.32 Å². The smallest absolute Gasteiger partial charge is 0.235 e. The Bertz CT molecular complexity index is 1220. The molecule has 6 heteroatoms. The van der Waals surface area contributed by atoms with Crippen LogP contribution in [-0.4, -0.2) is 20.9 Å². The van der Waals surface area contributed by atoms with E-state index in [2.05, 4.69) is 26.2 Å². The van der Waals surface area contributed by atoms with Crippen molar-refractivity contribution in [1.29, 1.82) is 0 Å². The van der Waals surface area contributed by atoms with E-state index >= 15 is 0 Å². The van der Waals surface area contributed by atoms with Gasteiger partial charge in [0.05, 0.1) is 10.8 Å². The number of nitrogens with one attached hydrogen (secondary N) is 1. The van der Waals surface area contributed by atoms with Crippen LogP contribution in [-0.2, 0) is 10.2 Å². The molecular formula is C23H18N4OS. The summed E-state index contributed by atoms with van der Waals surface area (Å²) in [5, 5.41) is 5.74. The monoisotopic (exact) mass is 398 g/mol. The number of rotatable bonds is 4. The third-order valence-electron chi connectivity index (χ3n) is 4.79. The lowest BCUT2D eigenvalue weighted by atomic mass is 9.83. The van der Waals surface area contributed by atoms with Gasteiger partial charge >= 0.3 is 0 Å². The van der Waals surface area contributed by atoms with Gasteiger partial charge in [-0.3, -0.25) is 9.78 Å². The van der Waals surface area contributed by atoms with Crippen molar-refractivity contribution >= 4 is 33.3 Å². The van der Waals surface area contributed by atoms with Crippen LogP contribution in [0.1, 0.15) is 25.0 Å². The summed E-state index contributed by atoms with van der Waals surface area (Å²) in [4.78, 5) is 27.5. The minimum atomic E-state index is -0.772. The molecule has 0 spiro atoms. The van der Waals surface area contributed by atoms with Gasteiger partial charge in [-0.2, -0.15) is 0 Å². The molecule has 5 nitrogen and oxygen atoms in total. The minimum absolute atomic E-state index is 0.163. The van der Waals surface area contributed by atoms with E-state index in [0.29, 0.717) is 17.3 Å². The van der Waals surface area contributed by atoms with Crippen molar-refractivity contribution in [3.8, 4) is 23.9 Å². The molecular weight excluding hydrogens is 380 g/mol. The van der Waals surface area contributed by atoms with Gasteiger partial charge in [-0.1, -0.05) is 24.1 Å². The normalized spacial score (nSPS) is 11.2. The Morgan fingerprint density at radius 2 is 1.90 bits per heavy atom. The molecule has 3 heterocycles. The van der Waals surface area contributed by atoms with Gasteiger partial charge in [-0.15, -0.1) is 17.8 Å². The van der Waals surface area contributed by atoms with Crippen LogP contribution >= 0.6 is 11.3 Å². The number of carbonyl (C=O) groups is 1. The first-order valence-corrected chi connectivity index (χ1v) is 9.92. The molecule has 1 N–H and O–H groups in total. The second-order valence-electron chi connectivity index (χ2n) is 7.05. The molecule has 142 valence electrons. The van der Waals surface area contributed by atoms with Crippen molar-refractivity contribution < 1.29 is 4.79 Å². The van der Waals surface area contributed by atoms with Crippen molar-refractivity contribution in [3.05, 3.63) is 71.2 Å². The molecule has 3 aromatic heterocycles. The number of hydrogen-bond donors (Lipinski definition) is 1. The van der Waals surface area contributed by atoms with Crippen LogP contribution in [0.5, 0.6) is 0 Å². The molecule has 0 aliphatic rings. The number of nitrogens with zero attached hydrogens (tertiary/aromatic N) is 3. The fourth-order valence-electron chi connectivity index (χ4n) is 2.94. The molecule has 0 radical (unpaired) electrons. The summed E-state index contributed by atoms with van der Waals surface area (Å²) < 4.78 is 0. The second-order valence-corrected chi connectivity index (χ2v) is 7.95. The maximum Gasteiger partial charge on any atom is 0.235 e. The van der Waals surface area contributed by atoms with Gasteiger partial charge in [-0.05, 0) is 55.1 Å².